The van der Waals surface area contributed by atoms with Crippen LogP contribution in [0.15, 0.2) is 0 Å². The summed E-state index contributed by atoms with van der Waals surface area (Å²) >= 11 is 0. The van der Waals surface area contributed by atoms with Crippen LogP contribution in [0.3, 0.4) is 0 Å². The lowest BCUT2D eigenvalue weighted by Gasteiger charge is -2.41. The number of benzene rings is 1. The molecule has 4 heteroatoms. The van der Waals surface area contributed by atoms with Crippen LogP contribution in [-0.4, -0.2) is 21.8 Å². The molecule has 2 N–H and O–H groups in total. The van der Waals surface area contributed by atoms with Crippen LogP contribution in [0.5, 0.6) is 11.5 Å². The van der Waals surface area contributed by atoms with Gasteiger partial charge < -0.3 is 14.9 Å². The molecule has 0 radical (unpaired) electrons. The minimum Gasteiger partial charge on any atom is -0.507 e. The summed E-state index contributed by atoms with van der Waals surface area (Å²) in [5.74, 6) is 0.531. The van der Waals surface area contributed by atoms with E-state index < -0.39 is 11.6 Å². The molecule has 0 bridgehead atoms. The third-order valence-corrected chi connectivity index (χ3v) is 4.85. The third-order valence-electron chi connectivity index (χ3n) is 4.85. The maximum atomic E-state index is 10.8. The van der Waals surface area contributed by atoms with Crippen LogP contribution in [0.1, 0.15) is 48.9 Å². The maximum absolute atomic E-state index is 10.8. The van der Waals surface area contributed by atoms with E-state index >= 15 is 0 Å². The average Bonchev–Trinajstić information content (AvgIpc) is 2.40. The zero-order valence-electron chi connectivity index (χ0n) is 13.4. The molecule has 116 valence electrons. The molecule has 21 heavy (non-hydrogen) atoms. The topological polar surface area (TPSA) is 66.8 Å². The quantitative estimate of drug-likeness (QED) is 0.894. The van der Waals surface area contributed by atoms with E-state index in [1.54, 1.807) is 0 Å². The first-order valence-electron chi connectivity index (χ1n) is 7.37. The highest BCUT2D eigenvalue weighted by Gasteiger charge is 2.39. The zero-order valence-corrected chi connectivity index (χ0v) is 13.4. The van der Waals surface area contributed by atoms with Crippen LogP contribution in [0.2, 0.25) is 0 Å². The van der Waals surface area contributed by atoms with Gasteiger partial charge in [0.25, 0.3) is 0 Å². The molecule has 1 aliphatic heterocycles. The minimum atomic E-state index is -0.781. The summed E-state index contributed by atoms with van der Waals surface area (Å²) < 4.78 is 6.21. The van der Waals surface area contributed by atoms with Crippen molar-refractivity contribution in [3.05, 3.63) is 22.3 Å². The Morgan fingerprint density at radius 1 is 1.24 bits per heavy atom. The van der Waals surface area contributed by atoms with Crippen LogP contribution in [-0.2, 0) is 11.2 Å². The van der Waals surface area contributed by atoms with Gasteiger partial charge in [-0.3, -0.25) is 4.79 Å². The first-order valence-corrected chi connectivity index (χ1v) is 7.37. The highest BCUT2D eigenvalue weighted by Crippen LogP contribution is 2.46. The van der Waals surface area contributed by atoms with Gasteiger partial charge in [-0.1, -0.05) is 0 Å². The van der Waals surface area contributed by atoms with Gasteiger partial charge in [-0.25, -0.2) is 0 Å². The van der Waals surface area contributed by atoms with Gasteiger partial charge in [0.15, 0.2) is 0 Å². The average molecular weight is 292 g/mol. The van der Waals surface area contributed by atoms with Crippen LogP contribution >= 0.6 is 0 Å². The van der Waals surface area contributed by atoms with E-state index in [1.165, 1.54) is 0 Å². The first-order chi connectivity index (χ1) is 9.65. The van der Waals surface area contributed by atoms with Gasteiger partial charge in [0.2, 0.25) is 0 Å². The minimum absolute atomic E-state index is 0.126. The number of carbonyl (C=O) groups is 1. The summed E-state index contributed by atoms with van der Waals surface area (Å²) in [5, 5.41) is 19.1. The summed E-state index contributed by atoms with van der Waals surface area (Å²) in [7, 11) is 0. The molecule has 1 aromatic rings. The van der Waals surface area contributed by atoms with Gasteiger partial charge in [0, 0.05) is 17.9 Å². The maximum Gasteiger partial charge on any atom is 0.303 e. The summed E-state index contributed by atoms with van der Waals surface area (Å²) in [6.45, 7) is 9.78. The third kappa shape index (κ3) is 2.71. The first kappa shape index (κ1) is 15.7. The standard InChI is InChI=1S/C17H24O4/c1-9-10(2)16-13(11(3)15(9)20)8-12(6-7-14(18)19)17(4,5)21-16/h12,20H,6-8H2,1-5H3,(H,18,19). The van der Waals surface area contributed by atoms with Crippen molar-refractivity contribution in [2.45, 2.75) is 59.5 Å². The van der Waals surface area contributed by atoms with Crippen molar-refractivity contribution in [1.82, 2.24) is 0 Å². The molecular formula is C17H24O4. The van der Waals surface area contributed by atoms with E-state index in [1.807, 2.05) is 34.6 Å². The largest absolute Gasteiger partial charge is 0.507 e. The van der Waals surface area contributed by atoms with Crippen molar-refractivity contribution >= 4 is 5.97 Å². The Balaban J connectivity index is 2.44. The number of phenols is 1. The van der Waals surface area contributed by atoms with Crippen molar-refractivity contribution in [3.8, 4) is 11.5 Å². The smallest absolute Gasteiger partial charge is 0.303 e. The molecule has 0 fully saturated rings. The van der Waals surface area contributed by atoms with Crippen molar-refractivity contribution in [2.24, 2.45) is 5.92 Å². The highest BCUT2D eigenvalue weighted by molar-refractivity contribution is 5.66. The fourth-order valence-corrected chi connectivity index (χ4v) is 3.14. The molecule has 1 aliphatic rings. The second kappa shape index (κ2) is 5.24. The summed E-state index contributed by atoms with van der Waals surface area (Å²) in [6, 6.07) is 0. The normalized spacial score (nSPS) is 19.8. The van der Waals surface area contributed by atoms with E-state index in [9.17, 15) is 9.90 Å². The SMILES string of the molecule is Cc1c(C)c2c(c(C)c1O)CC(CCC(=O)O)C(C)(C)O2. The summed E-state index contributed by atoms with van der Waals surface area (Å²) in [4.78, 5) is 10.8. The molecule has 2 rings (SSSR count). The number of aliphatic carboxylic acids is 1. The van der Waals surface area contributed by atoms with Gasteiger partial charge in [-0.2, -0.15) is 0 Å². The Bertz CT molecular complexity index is 587. The number of carboxylic acids is 1. The molecule has 0 aromatic heterocycles. The van der Waals surface area contributed by atoms with Crippen molar-refractivity contribution in [1.29, 1.82) is 0 Å². The zero-order chi connectivity index (χ0) is 15.9. The van der Waals surface area contributed by atoms with E-state index in [2.05, 4.69) is 0 Å². The summed E-state index contributed by atoms with van der Waals surface area (Å²) in [5.41, 5.74) is 3.29. The summed E-state index contributed by atoms with van der Waals surface area (Å²) in [6.07, 6.45) is 1.47. The van der Waals surface area contributed by atoms with Gasteiger partial charge in [-0.15, -0.1) is 0 Å². The monoisotopic (exact) mass is 292 g/mol. The molecule has 1 unspecified atom stereocenters. The lowest BCUT2D eigenvalue weighted by atomic mass is 9.77. The number of rotatable bonds is 3. The van der Waals surface area contributed by atoms with Gasteiger partial charge in [0.1, 0.15) is 17.1 Å². The predicted molar refractivity (Wildman–Crippen MR) is 81.1 cm³/mol. The van der Waals surface area contributed by atoms with E-state index in [4.69, 9.17) is 9.84 Å². The molecule has 0 aliphatic carbocycles. The number of fused-ring (bicyclic) bond motifs is 1. The van der Waals surface area contributed by atoms with Crippen LogP contribution in [0.25, 0.3) is 0 Å². The Kier molecular flexibility index (Phi) is 3.91. The lowest BCUT2D eigenvalue weighted by Crippen LogP contribution is -2.43. The second-order valence-corrected chi connectivity index (χ2v) is 6.57. The van der Waals surface area contributed by atoms with Gasteiger partial charge >= 0.3 is 5.97 Å². The molecule has 1 heterocycles. The molecule has 1 atom stereocenters. The van der Waals surface area contributed by atoms with Gasteiger partial charge in [0.05, 0.1) is 0 Å². The fourth-order valence-electron chi connectivity index (χ4n) is 3.14. The lowest BCUT2D eigenvalue weighted by molar-refractivity contribution is -0.137. The predicted octanol–water partition coefficient (Wildman–Crippen LogP) is 3.51. The Morgan fingerprint density at radius 3 is 2.43 bits per heavy atom. The number of hydrogen-bond acceptors (Lipinski definition) is 3. The van der Waals surface area contributed by atoms with Crippen LogP contribution < -0.4 is 4.74 Å². The van der Waals surface area contributed by atoms with E-state index in [0.717, 1.165) is 34.4 Å². The van der Waals surface area contributed by atoms with Crippen molar-refractivity contribution in [2.75, 3.05) is 0 Å². The number of ether oxygens (including phenoxy) is 1. The highest BCUT2D eigenvalue weighted by atomic mass is 16.5. The Hall–Kier alpha value is -1.71. The molecule has 0 saturated heterocycles. The van der Waals surface area contributed by atoms with Crippen LogP contribution in [0.4, 0.5) is 0 Å². The van der Waals surface area contributed by atoms with Crippen molar-refractivity contribution < 1.29 is 19.7 Å². The Labute approximate surface area is 125 Å². The Morgan fingerprint density at radius 2 is 1.86 bits per heavy atom. The molecule has 0 amide bonds. The second-order valence-electron chi connectivity index (χ2n) is 6.57. The number of carboxylic acid groups (broad SMARTS) is 1. The van der Waals surface area contributed by atoms with Crippen LogP contribution in [0, 0.1) is 26.7 Å². The van der Waals surface area contributed by atoms with E-state index in [0.29, 0.717) is 12.2 Å². The molecular weight excluding hydrogens is 268 g/mol. The number of phenolic OH excluding ortho intramolecular Hbond substituents is 1. The molecule has 4 nitrogen and oxygen atoms in total. The number of aromatic hydroxyl groups is 1. The molecule has 0 spiro atoms. The van der Waals surface area contributed by atoms with Crippen molar-refractivity contribution in [3.63, 3.8) is 0 Å². The molecule has 1 aromatic carbocycles. The molecule has 0 saturated carbocycles. The van der Waals surface area contributed by atoms with Gasteiger partial charge in [-0.05, 0) is 64.2 Å². The number of hydrogen-bond donors (Lipinski definition) is 2. The van der Waals surface area contributed by atoms with E-state index in [-0.39, 0.29) is 12.3 Å². The fraction of sp³-hybridized carbons (Fsp3) is 0.588.